The first-order valence-electron chi connectivity index (χ1n) is 14.0. The summed E-state index contributed by atoms with van der Waals surface area (Å²) in [7, 11) is -4.01. The van der Waals surface area contributed by atoms with Gasteiger partial charge >= 0.3 is 0 Å². The second-order valence-corrected chi connectivity index (χ2v) is 13.6. The molecular weight excluding hydrogens is 550 g/mol. The minimum atomic E-state index is -4.01. The highest BCUT2D eigenvalue weighted by Gasteiger charge is 2.38. The number of amides is 1. The van der Waals surface area contributed by atoms with Crippen LogP contribution in [0.5, 0.6) is 0 Å². The van der Waals surface area contributed by atoms with Gasteiger partial charge in [0, 0.05) is 49.0 Å². The van der Waals surface area contributed by atoms with E-state index in [1.807, 2.05) is 51.1 Å². The van der Waals surface area contributed by atoms with Crippen LogP contribution in [0.1, 0.15) is 38.7 Å². The van der Waals surface area contributed by atoms with Crippen molar-refractivity contribution in [2.75, 3.05) is 46.0 Å². The van der Waals surface area contributed by atoms with E-state index in [0.717, 1.165) is 41.3 Å². The molecule has 0 radical (unpaired) electrons. The molecule has 0 aliphatic carbocycles. The lowest BCUT2D eigenvalue weighted by Gasteiger charge is -2.35. The Morgan fingerprint density at radius 1 is 1.10 bits per heavy atom. The number of hydroxylamine groups is 1. The smallest absolute Gasteiger partial charge is 0.262 e. The molecule has 2 aromatic carbocycles. The number of carbonyl (C=O) groups excluding carboxylic acids is 1. The first-order valence-corrected chi connectivity index (χ1v) is 16.2. The van der Waals surface area contributed by atoms with Crippen molar-refractivity contribution in [1.82, 2.24) is 14.7 Å². The van der Waals surface area contributed by atoms with Gasteiger partial charge in [-0.25, -0.2) is 18.7 Å². The number of nitrogens with zero attached hydrogens (tertiary/aromatic N) is 2. The van der Waals surface area contributed by atoms with Gasteiger partial charge in [0.15, 0.2) is 6.29 Å². The average Bonchev–Trinajstić information content (AvgIpc) is 2.95. The SMILES string of the molecule is Cc1cccc(Sc2ccc(S(=O)(=O)N(CCN3CCOCC3)[C@@H](C(=O)NOC3CCCCO3)C(C)C)cc2)c1. The van der Waals surface area contributed by atoms with E-state index in [1.165, 1.54) is 4.31 Å². The van der Waals surface area contributed by atoms with Crippen molar-refractivity contribution in [1.29, 1.82) is 0 Å². The van der Waals surface area contributed by atoms with E-state index in [0.29, 0.717) is 32.8 Å². The monoisotopic (exact) mass is 591 g/mol. The lowest BCUT2D eigenvalue weighted by molar-refractivity contribution is -0.202. The van der Waals surface area contributed by atoms with Crippen LogP contribution in [-0.2, 0) is 29.1 Å². The first-order chi connectivity index (χ1) is 19.2. The molecule has 40 heavy (non-hydrogen) atoms. The number of ether oxygens (including phenoxy) is 2. The summed E-state index contributed by atoms with van der Waals surface area (Å²) < 4.78 is 40.6. The zero-order valence-electron chi connectivity index (χ0n) is 23.6. The molecule has 2 fully saturated rings. The summed E-state index contributed by atoms with van der Waals surface area (Å²) in [5.41, 5.74) is 3.67. The van der Waals surface area contributed by atoms with Gasteiger partial charge in [-0.1, -0.05) is 43.3 Å². The molecule has 220 valence electrons. The predicted molar refractivity (Wildman–Crippen MR) is 154 cm³/mol. The molecule has 0 spiro atoms. The molecule has 2 aromatic rings. The van der Waals surface area contributed by atoms with E-state index in [9.17, 15) is 13.2 Å². The lowest BCUT2D eigenvalue weighted by Crippen LogP contribution is -2.55. The van der Waals surface area contributed by atoms with Gasteiger partial charge in [-0.2, -0.15) is 4.31 Å². The Bertz CT molecular complexity index is 1200. The number of nitrogens with one attached hydrogen (secondary N) is 1. The number of rotatable bonds is 12. The third-order valence-electron chi connectivity index (χ3n) is 7.04. The van der Waals surface area contributed by atoms with Crippen LogP contribution in [0.3, 0.4) is 0 Å². The van der Waals surface area contributed by atoms with Crippen molar-refractivity contribution >= 4 is 27.7 Å². The van der Waals surface area contributed by atoms with E-state index < -0.39 is 28.3 Å². The van der Waals surface area contributed by atoms with Crippen LogP contribution in [0.25, 0.3) is 0 Å². The van der Waals surface area contributed by atoms with Crippen LogP contribution in [0.4, 0.5) is 0 Å². The minimum Gasteiger partial charge on any atom is -0.379 e. The summed E-state index contributed by atoms with van der Waals surface area (Å²) in [6, 6.07) is 14.1. The van der Waals surface area contributed by atoms with Gasteiger partial charge in [0.2, 0.25) is 10.0 Å². The number of morpholine rings is 1. The van der Waals surface area contributed by atoms with Gasteiger partial charge in [-0.15, -0.1) is 0 Å². The molecule has 2 aliphatic rings. The molecule has 2 heterocycles. The van der Waals surface area contributed by atoms with E-state index in [-0.39, 0.29) is 17.4 Å². The fourth-order valence-corrected chi connectivity index (χ4v) is 7.50. The maximum absolute atomic E-state index is 14.1. The average molecular weight is 592 g/mol. The number of benzene rings is 2. The van der Waals surface area contributed by atoms with E-state index >= 15 is 0 Å². The second-order valence-electron chi connectivity index (χ2n) is 10.5. The Morgan fingerprint density at radius 3 is 2.50 bits per heavy atom. The molecule has 2 saturated heterocycles. The normalized spacial score (nSPS) is 19.6. The fraction of sp³-hybridized carbons (Fsp3) is 0.552. The molecule has 2 aliphatic heterocycles. The van der Waals surface area contributed by atoms with Gasteiger partial charge in [0.1, 0.15) is 6.04 Å². The van der Waals surface area contributed by atoms with E-state index in [2.05, 4.69) is 16.4 Å². The third kappa shape index (κ3) is 8.51. The highest BCUT2D eigenvalue weighted by Crippen LogP contribution is 2.30. The van der Waals surface area contributed by atoms with Gasteiger partial charge in [0.05, 0.1) is 18.1 Å². The van der Waals surface area contributed by atoms with Crippen LogP contribution in [0.2, 0.25) is 0 Å². The quantitative estimate of drug-likeness (QED) is 0.369. The zero-order chi connectivity index (χ0) is 28.5. The molecule has 1 unspecified atom stereocenters. The molecule has 9 nitrogen and oxygen atoms in total. The van der Waals surface area contributed by atoms with Gasteiger partial charge in [-0.05, 0) is 62.1 Å². The number of carbonyl (C=O) groups is 1. The van der Waals surface area contributed by atoms with E-state index in [4.69, 9.17) is 14.3 Å². The number of sulfonamides is 1. The Morgan fingerprint density at radius 2 is 1.85 bits per heavy atom. The van der Waals surface area contributed by atoms with Crippen molar-refractivity contribution in [2.45, 2.75) is 67.1 Å². The van der Waals surface area contributed by atoms with Crippen LogP contribution in [-0.4, -0.2) is 81.9 Å². The third-order valence-corrected chi connectivity index (χ3v) is 9.93. The van der Waals surface area contributed by atoms with Crippen molar-refractivity contribution < 1.29 is 27.5 Å². The molecule has 11 heteroatoms. The molecule has 1 amide bonds. The molecule has 0 aromatic heterocycles. The molecule has 0 saturated carbocycles. The highest BCUT2D eigenvalue weighted by atomic mass is 32.2. The lowest BCUT2D eigenvalue weighted by atomic mass is 10.0. The summed E-state index contributed by atoms with van der Waals surface area (Å²) in [5.74, 6) is -0.798. The van der Waals surface area contributed by atoms with Crippen LogP contribution < -0.4 is 5.48 Å². The Balaban J connectivity index is 1.54. The summed E-state index contributed by atoms with van der Waals surface area (Å²) in [5, 5.41) is 0. The second kappa shape index (κ2) is 14.8. The summed E-state index contributed by atoms with van der Waals surface area (Å²) in [4.78, 5) is 23.3. The molecule has 0 bridgehead atoms. The number of hydrogen-bond donors (Lipinski definition) is 1. The van der Waals surface area contributed by atoms with Gasteiger partial charge < -0.3 is 9.47 Å². The fourth-order valence-electron chi connectivity index (χ4n) is 4.86. The van der Waals surface area contributed by atoms with E-state index in [1.54, 1.807) is 23.9 Å². The van der Waals surface area contributed by atoms with Crippen LogP contribution in [0, 0.1) is 12.8 Å². The van der Waals surface area contributed by atoms with Crippen molar-refractivity contribution in [2.24, 2.45) is 5.92 Å². The maximum atomic E-state index is 14.1. The Labute approximate surface area is 242 Å². The largest absolute Gasteiger partial charge is 0.379 e. The molecule has 4 rings (SSSR count). The standard InChI is InChI=1S/C29H41N3O6S2/c1-22(2)28(29(33)30-38-27-9-4-5-18-37-27)32(15-14-31-16-19-36-20-17-31)40(34,35)26-12-10-24(11-13-26)39-25-8-6-7-23(3)21-25/h6-8,10-13,21-22,27-28H,4-5,9,14-20H2,1-3H3,(H,30,33)/t27?,28-/m1/s1. The molecule has 2 atom stereocenters. The minimum absolute atomic E-state index is 0.151. The summed E-state index contributed by atoms with van der Waals surface area (Å²) in [6.45, 7) is 9.63. The van der Waals surface area contributed by atoms with Crippen LogP contribution >= 0.6 is 11.8 Å². The van der Waals surface area contributed by atoms with Crippen LogP contribution in [0.15, 0.2) is 63.2 Å². The predicted octanol–water partition coefficient (Wildman–Crippen LogP) is 4.07. The maximum Gasteiger partial charge on any atom is 0.262 e. The van der Waals surface area contributed by atoms with Gasteiger partial charge in [0.25, 0.3) is 5.91 Å². The zero-order valence-corrected chi connectivity index (χ0v) is 25.2. The Kier molecular flexibility index (Phi) is 11.4. The Hall–Kier alpha value is -1.99. The highest BCUT2D eigenvalue weighted by molar-refractivity contribution is 7.99. The van der Waals surface area contributed by atoms with Crippen molar-refractivity contribution in [3.8, 4) is 0 Å². The van der Waals surface area contributed by atoms with Crippen molar-refractivity contribution in [3.05, 3.63) is 54.1 Å². The summed E-state index contributed by atoms with van der Waals surface area (Å²) >= 11 is 1.58. The topological polar surface area (TPSA) is 97.4 Å². The molecular formula is C29H41N3O6S2. The number of aryl methyl sites for hydroxylation is 1. The van der Waals surface area contributed by atoms with Gasteiger partial charge in [-0.3, -0.25) is 9.69 Å². The first kappa shape index (κ1) is 31.0. The summed E-state index contributed by atoms with van der Waals surface area (Å²) in [6.07, 6.45) is 2.06. The molecule has 1 N–H and O–H groups in total. The van der Waals surface area contributed by atoms with Crippen molar-refractivity contribution in [3.63, 3.8) is 0 Å². The number of hydrogen-bond acceptors (Lipinski definition) is 8.